The molecule has 124 valence electrons. The zero-order valence-electron chi connectivity index (χ0n) is 12.5. The fourth-order valence-electron chi connectivity index (χ4n) is 2.80. The molecule has 1 aliphatic rings. The van der Waals surface area contributed by atoms with E-state index < -0.39 is 11.9 Å². The van der Waals surface area contributed by atoms with E-state index in [1.807, 2.05) is 0 Å². The summed E-state index contributed by atoms with van der Waals surface area (Å²) >= 11 is 0. The van der Waals surface area contributed by atoms with Crippen LogP contribution in [0.15, 0.2) is 29.0 Å². The smallest absolute Gasteiger partial charge is 0.435 e. The molecular weight excluding hydrogens is 311 g/mol. The number of likely N-dealkylation sites (tertiary alicyclic amines) is 1. The van der Waals surface area contributed by atoms with Crippen LogP contribution >= 0.6 is 0 Å². The van der Waals surface area contributed by atoms with Gasteiger partial charge in [-0.3, -0.25) is 9.48 Å². The second kappa shape index (κ2) is 5.75. The highest BCUT2D eigenvalue weighted by molar-refractivity contribution is 5.95. The number of carbonyl (C=O) groups is 1. The minimum Gasteiger partial charge on any atom is -0.469 e. The van der Waals surface area contributed by atoms with Gasteiger partial charge in [0.25, 0.3) is 5.91 Å². The van der Waals surface area contributed by atoms with Gasteiger partial charge in [-0.1, -0.05) is 0 Å². The molecule has 0 atom stereocenters. The first-order valence-electron chi connectivity index (χ1n) is 7.32. The van der Waals surface area contributed by atoms with Gasteiger partial charge in [-0.15, -0.1) is 0 Å². The van der Waals surface area contributed by atoms with Gasteiger partial charge in [0.2, 0.25) is 0 Å². The SMILES string of the molecule is Cc1occc1C(=O)N1CCC(n2ccc(C(F)(F)F)n2)CC1. The molecule has 0 aromatic carbocycles. The first-order chi connectivity index (χ1) is 10.9. The van der Waals surface area contributed by atoms with Crippen molar-refractivity contribution in [2.45, 2.75) is 32.0 Å². The van der Waals surface area contributed by atoms with Gasteiger partial charge in [0, 0.05) is 19.3 Å². The Hall–Kier alpha value is -2.25. The van der Waals surface area contributed by atoms with Crippen molar-refractivity contribution >= 4 is 5.91 Å². The molecule has 0 bridgehead atoms. The van der Waals surface area contributed by atoms with Crippen LogP contribution in [0.4, 0.5) is 13.2 Å². The van der Waals surface area contributed by atoms with E-state index in [2.05, 4.69) is 5.10 Å². The number of alkyl halides is 3. The molecule has 5 nitrogen and oxygen atoms in total. The second-order valence-electron chi connectivity index (χ2n) is 5.59. The van der Waals surface area contributed by atoms with Crippen molar-refractivity contribution in [2.24, 2.45) is 0 Å². The summed E-state index contributed by atoms with van der Waals surface area (Å²) in [5.41, 5.74) is -0.355. The van der Waals surface area contributed by atoms with E-state index in [4.69, 9.17) is 4.42 Å². The molecule has 2 aromatic heterocycles. The zero-order chi connectivity index (χ0) is 16.6. The lowest BCUT2D eigenvalue weighted by atomic mass is 10.0. The van der Waals surface area contributed by atoms with Gasteiger partial charge in [0.15, 0.2) is 5.69 Å². The summed E-state index contributed by atoms with van der Waals surface area (Å²) < 4.78 is 44.3. The van der Waals surface area contributed by atoms with Crippen LogP contribution in [0.5, 0.6) is 0 Å². The highest BCUT2D eigenvalue weighted by Crippen LogP contribution is 2.30. The van der Waals surface area contributed by atoms with Crippen LogP contribution in [0.2, 0.25) is 0 Å². The summed E-state index contributed by atoms with van der Waals surface area (Å²) in [5, 5.41) is 3.61. The highest BCUT2D eigenvalue weighted by atomic mass is 19.4. The van der Waals surface area contributed by atoms with Crippen LogP contribution in [0, 0.1) is 6.92 Å². The number of piperidine rings is 1. The number of hydrogen-bond acceptors (Lipinski definition) is 3. The molecule has 0 N–H and O–H groups in total. The van der Waals surface area contributed by atoms with Crippen LogP contribution in [-0.4, -0.2) is 33.7 Å². The zero-order valence-corrected chi connectivity index (χ0v) is 12.5. The minimum absolute atomic E-state index is 0.105. The lowest BCUT2D eigenvalue weighted by Gasteiger charge is -2.32. The predicted molar refractivity (Wildman–Crippen MR) is 74.8 cm³/mol. The van der Waals surface area contributed by atoms with E-state index in [-0.39, 0.29) is 11.9 Å². The lowest BCUT2D eigenvalue weighted by Crippen LogP contribution is -2.39. The number of hydrogen-bond donors (Lipinski definition) is 0. The summed E-state index contributed by atoms with van der Waals surface area (Å²) in [6.45, 7) is 2.69. The molecule has 1 aliphatic heterocycles. The van der Waals surface area contributed by atoms with E-state index in [9.17, 15) is 18.0 Å². The molecule has 3 rings (SSSR count). The van der Waals surface area contributed by atoms with Crippen LogP contribution in [0.3, 0.4) is 0 Å². The van der Waals surface area contributed by atoms with Crippen molar-refractivity contribution < 1.29 is 22.4 Å². The first-order valence-corrected chi connectivity index (χ1v) is 7.32. The summed E-state index contributed by atoms with van der Waals surface area (Å²) in [6.07, 6.45) is -0.465. The van der Waals surface area contributed by atoms with Crippen molar-refractivity contribution in [3.63, 3.8) is 0 Å². The average Bonchev–Trinajstić information content (AvgIpc) is 3.15. The third-order valence-electron chi connectivity index (χ3n) is 4.11. The Morgan fingerprint density at radius 2 is 2.00 bits per heavy atom. The third kappa shape index (κ3) is 3.11. The monoisotopic (exact) mass is 327 g/mol. The maximum Gasteiger partial charge on any atom is 0.435 e. The Bertz CT molecular complexity index is 697. The second-order valence-corrected chi connectivity index (χ2v) is 5.59. The average molecular weight is 327 g/mol. The molecule has 1 fully saturated rings. The number of aromatic nitrogens is 2. The Labute approximate surface area is 130 Å². The number of rotatable bonds is 2. The van der Waals surface area contributed by atoms with Crippen molar-refractivity contribution in [2.75, 3.05) is 13.1 Å². The van der Waals surface area contributed by atoms with Gasteiger partial charge in [0.05, 0.1) is 17.9 Å². The van der Waals surface area contributed by atoms with Gasteiger partial charge in [0.1, 0.15) is 5.76 Å². The van der Waals surface area contributed by atoms with Gasteiger partial charge < -0.3 is 9.32 Å². The van der Waals surface area contributed by atoms with Gasteiger partial charge in [-0.25, -0.2) is 0 Å². The Morgan fingerprint density at radius 3 is 2.52 bits per heavy atom. The van der Waals surface area contributed by atoms with E-state index >= 15 is 0 Å². The molecule has 3 heterocycles. The van der Waals surface area contributed by atoms with E-state index in [0.717, 1.165) is 6.07 Å². The minimum atomic E-state index is -4.43. The first kappa shape index (κ1) is 15.6. The van der Waals surface area contributed by atoms with Crippen LogP contribution in [-0.2, 0) is 6.18 Å². The number of aryl methyl sites for hydroxylation is 1. The molecular formula is C15H16F3N3O2. The van der Waals surface area contributed by atoms with Crippen LogP contribution in [0.25, 0.3) is 0 Å². The maximum atomic E-state index is 12.6. The number of halogens is 3. The normalized spacial score (nSPS) is 16.8. The van der Waals surface area contributed by atoms with Crippen molar-refractivity contribution in [3.05, 3.63) is 41.6 Å². The van der Waals surface area contributed by atoms with Crippen LogP contribution in [0.1, 0.15) is 40.7 Å². The molecule has 0 saturated carbocycles. The largest absolute Gasteiger partial charge is 0.469 e. The number of amides is 1. The number of furan rings is 1. The topological polar surface area (TPSA) is 51.3 Å². The Morgan fingerprint density at radius 1 is 1.30 bits per heavy atom. The van der Waals surface area contributed by atoms with Crippen molar-refractivity contribution in [1.29, 1.82) is 0 Å². The Kier molecular flexibility index (Phi) is 3.91. The number of nitrogens with zero attached hydrogens (tertiary/aromatic N) is 3. The molecule has 1 saturated heterocycles. The quantitative estimate of drug-likeness (QED) is 0.850. The van der Waals surface area contributed by atoms with Crippen molar-refractivity contribution in [3.8, 4) is 0 Å². The van der Waals surface area contributed by atoms with Crippen LogP contribution < -0.4 is 0 Å². The fraction of sp³-hybridized carbons (Fsp3) is 0.467. The summed E-state index contributed by atoms with van der Waals surface area (Å²) in [6, 6.07) is 2.49. The summed E-state index contributed by atoms with van der Waals surface area (Å²) in [5.74, 6) is 0.463. The third-order valence-corrected chi connectivity index (χ3v) is 4.11. The molecule has 2 aromatic rings. The summed E-state index contributed by atoms with van der Waals surface area (Å²) in [7, 11) is 0. The molecule has 0 unspecified atom stereocenters. The van der Waals surface area contributed by atoms with Gasteiger partial charge >= 0.3 is 6.18 Å². The molecule has 1 amide bonds. The van der Waals surface area contributed by atoms with Gasteiger partial charge in [-0.2, -0.15) is 18.3 Å². The molecule has 0 spiro atoms. The van der Waals surface area contributed by atoms with Gasteiger partial charge in [-0.05, 0) is 31.9 Å². The Balaban J connectivity index is 1.63. The molecule has 0 aliphatic carbocycles. The molecule has 23 heavy (non-hydrogen) atoms. The van der Waals surface area contributed by atoms with Crippen molar-refractivity contribution in [1.82, 2.24) is 14.7 Å². The van der Waals surface area contributed by atoms with E-state index in [1.54, 1.807) is 17.9 Å². The lowest BCUT2D eigenvalue weighted by molar-refractivity contribution is -0.141. The number of carbonyl (C=O) groups excluding carboxylic acids is 1. The summed E-state index contributed by atoms with van der Waals surface area (Å²) in [4.78, 5) is 14.1. The fourth-order valence-corrected chi connectivity index (χ4v) is 2.80. The molecule has 8 heteroatoms. The maximum absolute atomic E-state index is 12.6. The predicted octanol–water partition coefficient (Wildman–Crippen LogP) is 3.28. The van der Waals surface area contributed by atoms with E-state index in [0.29, 0.717) is 37.3 Å². The molecule has 0 radical (unpaired) electrons. The van der Waals surface area contributed by atoms with E-state index in [1.165, 1.54) is 17.1 Å². The standard InChI is InChI=1S/C15H16F3N3O2/c1-10-12(5-9-23-10)14(22)20-6-2-11(3-7-20)21-8-4-13(19-21)15(16,17)18/h4-5,8-9,11H,2-3,6-7H2,1H3. The highest BCUT2D eigenvalue weighted by Gasteiger charge is 2.34.